The number of benzene rings is 8. The van der Waals surface area contributed by atoms with Crippen LogP contribution in [0, 0.1) is 0 Å². The second-order valence-corrected chi connectivity index (χ2v) is 13.4. The molecule has 0 amide bonds. The summed E-state index contributed by atoms with van der Waals surface area (Å²) in [7, 11) is 0. The van der Waals surface area contributed by atoms with Gasteiger partial charge in [-0.3, -0.25) is 4.57 Å². The van der Waals surface area contributed by atoms with Gasteiger partial charge in [0, 0.05) is 38.2 Å². The Morgan fingerprint density at radius 1 is 0.346 bits per heavy atom. The highest BCUT2D eigenvalue weighted by molar-refractivity contribution is 6.22. The van der Waals surface area contributed by atoms with E-state index in [0.717, 1.165) is 38.9 Å². The van der Waals surface area contributed by atoms with Gasteiger partial charge in [-0.2, -0.15) is 0 Å². The monoisotopic (exact) mass is 662 g/mol. The van der Waals surface area contributed by atoms with Crippen molar-refractivity contribution in [3.05, 3.63) is 182 Å². The molecule has 242 valence electrons. The Labute approximate surface area is 299 Å². The molecule has 11 rings (SSSR count). The molecule has 0 bridgehead atoms. The lowest BCUT2D eigenvalue weighted by Crippen LogP contribution is -2.03. The largest absolute Gasteiger partial charge is 0.309 e. The van der Waals surface area contributed by atoms with Crippen molar-refractivity contribution in [2.45, 2.75) is 0 Å². The van der Waals surface area contributed by atoms with E-state index in [4.69, 9.17) is 9.97 Å². The van der Waals surface area contributed by atoms with Crippen LogP contribution < -0.4 is 0 Å². The van der Waals surface area contributed by atoms with Crippen molar-refractivity contribution in [2.75, 3.05) is 0 Å². The van der Waals surface area contributed by atoms with E-state index in [-0.39, 0.29) is 0 Å². The minimum absolute atomic E-state index is 0.663. The van der Waals surface area contributed by atoms with Crippen LogP contribution in [0.5, 0.6) is 0 Å². The Kier molecular flexibility index (Phi) is 6.22. The van der Waals surface area contributed by atoms with E-state index in [1.165, 1.54) is 54.5 Å². The molecule has 0 aliphatic heterocycles. The molecule has 3 heterocycles. The molecular formula is C48H30N4. The predicted octanol–water partition coefficient (Wildman–Crippen LogP) is 12.3. The van der Waals surface area contributed by atoms with Crippen molar-refractivity contribution in [3.8, 4) is 34.0 Å². The Morgan fingerprint density at radius 2 is 0.942 bits per heavy atom. The van der Waals surface area contributed by atoms with Gasteiger partial charge in [0.05, 0.1) is 33.3 Å². The minimum atomic E-state index is 0.663. The van der Waals surface area contributed by atoms with Crippen LogP contribution in [0.4, 0.5) is 0 Å². The van der Waals surface area contributed by atoms with Gasteiger partial charge in [-0.15, -0.1) is 0 Å². The maximum Gasteiger partial charge on any atom is 0.235 e. The maximum atomic E-state index is 5.31. The summed E-state index contributed by atoms with van der Waals surface area (Å²) in [6.45, 7) is 0. The molecule has 4 nitrogen and oxygen atoms in total. The first-order valence-corrected chi connectivity index (χ1v) is 17.7. The number of aromatic nitrogens is 4. The van der Waals surface area contributed by atoms with Gasteiger partial charge in [0.2, 0.25) is 5.95 Å². The summed E-state index contributed by atoms with van der Waals surface area (Å²) in [6, 6.07) is 64.9. The van der Waals surface area contributed by atoms with Crippen LogP contribution in [0.1, 0.15) is 0 Å². The highest BCUT2D eigenvalue weighted by atomic mass is 15.2. The number of fused-ring (bicyclic) bond motifs is 9. The molecule has 11 aromatic rings. The molecule has 0 unspecified atom stereocenters. The quantitative estimate of drug-likeness (QED) is 0.188. The SMILES string of the molecule is c1ccc(-c2nc(-n3c4ccc(-c5ccc6c(c5)c5ccccc5n6-c5ccccc5)cc4c4c5ccccc5ccc43)nc3ccccc23)cc1. The molecule has 0 saturated carbocycles. The number of para-hydroxylation sites is 3. The zero-order valence-corrected chi connectivity index (χ0v) is 28.1. The summed E-state index contributed by atoms with van der Waals surface area (Å²) in [5.41, 5.74) is 11.0. The highest BCUT2D eigenvalue weighted by Crippen LogP contribution is 2.40. The summed E-state index contributed by atoms with van der Waals surface area (Å²) in [5.74, 6) is 0.663. The van der Waals surface area contributed by atoms with Gasteiger partial charge in [-0.25, -0.2) is 9.97 Å². The van der Waals surface area contributed by atoms with E-state index in [1.54, 1.807) is 0 Å². The average molecular weight is 663 g/mol. The van der Waals surface area contributed by atoms with Crippen molar-refractivity contribution in [2.24, 2.45) is 0 Å². The molecule has 0 N–H and O–H groups in total. The normalized spacial score (nSPS) is 11.8. The molecule has 4 heteroatoms. The first-order valence-electron chi connectivity index (χ1n) is 17.7. The van der Waals surface area contributed by atoms with E-state index in [9.17, 15) is 0 Å². The topological polar surface area (TPSA) is 35.6 Å². The summed E-state index contributed by atoms with van der Waals surface area (Å²) in [6.07, 6.45) is 0. The summed E-state index contributed by atoms with van der Waals surface area (Å²) >= 11 is 0. The van der Waals surface area contributed by atoms with Crippen LogP contribution in [-0.2, 0) is 0 Å². The fourth-order valence-corrected chi connectivity index (χ4v) is 8.17. The number of rotatable bonds is 4. The summed E-state index contributed by atoms with van der Waals surface area (Å²) in [5, 5.41) is 8.32. The van der Waals surface area contributed by atoms with Gasteiger partial charge < -0.3 is 4.57 Å². The van der Waals surface area contributed by atoms with E-state index in [1.807, 2.05) is 12.1 Å². The number of hydrogen-bond donors (Lipinski definition) is 0. The van der Waals surface area contributed by atoms with E-state index < -0.39 is 0 Å². The fourth-order valence-electron chi connectivity index (χ4n) is 8.17. The summed E-state index contributed by atoms with van der Waals surface area (Å²) < 4.78 is 4.61. The third-order valence-electron chi connectivity index (χ3n) is 10.5. The molecular weight excluding hydrogens is 633 g/mol. The number of hydrogen-bond acceptors (Lipinski definition) is 2. The van der Waals surface area contributed by atoms with Gasteiger partial charge in [0.1, 0.15) is 0 Å². The van der Waals surface area contributed by atoms with Crippen LogP contribution in [0.2, 0.25) is 0 Å². The molecule has 8 aromatic carbocycles. The molecule has 0 spiro atoms. The molecule has 52 heavy (non-hydrogen) atoms. The predicted molar refractivity (Wildman–Crippen MR) is 217 cm³/mol. The van der Waals surface area contributed by atoms with Crippen molar-refractivity contribution in [1.29, 1.82) is 0 Å². The third kappa shape index (κ3) is 4.28. The van der Waals surface area contributed by atoms with Crippen LogP contribution >= 0.6 is 0 Å². The lowest BCUT2D eigenvalue weighted by atomic mass is 9.99. The van der Waals surface area contributed by atoms with E-state index in [2.05, 4.69) is 179 Å². The lowest BCUT2D eigenvalue weighted by Gasteiger charge is -2.12. The van der Waals surface area contributed by atoms with Crippen molar-refractivity contribution in [3.63, 3.8) is 0 Å². The third-order valence-corrected chi connectivity index (χ3v) is 10.5. The molecule has 0 radical (unpaired) electrons. The molecule has 0 fully saturated rings. The Morgan fingerprint density at radius 3 is 1.75 bits per heavy atom. The molecule has 0 aliphatic rings. The second kappa shape index (κ2) is 11.2. The van der Waals surface area contributed by atoms with Gasteiger partial charge in [-0.1, -0.05) is 127 Å². The fraction of sp³-hybridized carbons (Fsp3) is 0. The van der Waals surface area contributed by atoms with Gasteiger partial charge in [-0.05, 0) is 76.5 Å². The lowest BCUT2D eigenvalue weighted by molar-refractivity contribution is 1.01. The zero-order chi connectivity index (χ0) is 34.2. The van der Waals surface area contributed by atoms with E-state index in [0.29, 0.717) is 5.95 Å². The molecule has 0 saturated heterocycles. The first kappa shape index (κ1) is 28.8. The highest BCUT2D eigenvalue weighted by Gasteiger charge is 2.20. The van der Waals surface area contributed by atoms with Crippen molar-refractivity contribution < 1.29 is 0 Å². The molecule has 3 aromatic heterocycles. The van der Waals surface area contributed by atoms with Crippen molar-refractivity contribution in [1.82, 2.24) is 19.1 Å². The van der Waals surface area contributed by atoms with Gasteiger partial charge in [0.25, 0.3) is 0 Å². The Hall–Kier alpha value is -7.04. The van der Waals surface area contributed by atoms with Crippen LogP contribution in [0.25, 0.3) is 99.3 Å². The smallest absolute Gasteiger partial charge is 0.235 e. The van der Waals surface area contributed by atoms with Crippen molar-refractivity contribution >= 4 is 65.3 Å². The average Bonchev–Trinajstić information content (AvgIpc) is 3.73. The minimum Gasteiger partial charge on any atom is -0.309 e. The first-order chi connectivity index (χ1) is 25.8. The van der Waals surface area contributed by atoms with Crippen LogP contribution in [-0.4, -0.2) is 19.1 Å². The maximum absolute atomic E-state index is 5.31. The van der Waals surface area contributed by atoms with E-state index >= 15 is 0 Å². The van der Waals surface area contributed by atoms with Gasteiger partial charge >= 0.3 is 0 Å². The van der Waals surface area contributed by atoms with Crippen LogP contribution in [0.15, 0.2) is 182 Å². The number of nitrogens with zero attached hydrogens (tertiary/aromatic N) is 4. The molecule has 0 atom stereocenters. The Balaban J connectivity index is 1.18. The summed E-state index contributed by atoms with van der Waals surface area (Å²) in [4.78, 5) is 10.5. The molecule has 0 aliphatic carbocycles. The van der Waals surface area contributed by atoms with Crippen LogP contribution in [0.3, 0.4) is 0 Å². The second-order valence-electron chi connectivity index (χ2n) is 13.4. The standard InChI is InChI=1S/C48H30N4/c1-3-14-32(15-4-1)47-38-20-9-11-21-41(38)49-48(50-47)52-44-27-25-34(30-40(44)46-36-18-8-7-13-31(36)23-28-45(46)52)33-24-26-43-39(29-33)37-19-10-12-22-42(37)51(43)35-16-5-2-6-17-35/h1-30H. The van der Waals surface area contributed by atoms with Gasteiger partial charge in [0.15, 0.2) is 0 Å². The zero-order valence-electron chi connectivity index (χ0n) is 28.1. The Bertz CT molecular complexity index is 3170.